The zero-order valence-corrected chi connectivity index (χ0v) is 12.5. The van der Waals surface area contributed by atoms with Crippen LogP contribution in [-0.4, -0.2) is 21.6 Å². The van der Waals surface area contributed by atoms with Crippen LogP contribution in [0, 0.1) is 0 Å². The van der Waals surface area contributed by atoms with Crippen LogP contribution in [0.1, 0.15) is 10.9 Å². The highest BCUT2D eigenvalue weighted by Gasteiger charge is 2.35. The molecule has 7 heteroatoms. The molecule has 0 radical (unpaired) electrons. The number of carbonyl (C=O) groups is 1. The maximum Gasteiger partial charge on any atom is 0.239 e. The van der Waals surface area contributed by atoms with Gasteiger partial charge in [0.15, 0.2) is 5.82 Å². The van der Waals surface area contributed by atoms with E-state index in [9.17, 15) is 4.79 Å². The summed E-state index contributed by atoms with van der Waals surface area (Å²) < 4.78 is 0. The molecule has 1 aliphatic rings. The molecule has 0 spiro atoms. The van der Waals surface area contributed by atoms with Crippen molar-refractivity contribution < 1.29 is 4.79 Å². The Kier molecular flexibility index (Phi) is 3.83. The Morgan fingerprint density at radius 2 is 2.10 bits per heavy atom. The summed E-state index contributed by atoms with van der Waals surface area (Å²) in [6.07, 6.45) is 4.72. The summed E-state index contributed by atoms with van der Waals surface area (Å²) in [5, 5.41) is 0.813. The molecule has 2 heterocycles. The number of halogens is 2. The minimum Gasteiger partial charge on any atom is -0.278 e. The Morgan fingerprint density at radius 3 is 2.80 bits per heavy atom. The third kappa shape index (κ3) is 2.49. The van der Waals surface area contributed by atoms with E-state index >= 15 is 0 Å². The van der Waals surface area contributed by atoms with Crippen LogP contribution in [0.4, 0.5) is 5.82 Å². The predicted octanol–water partition coefficient (Wildman–Crippen LogP) is 3.56. The van der Waals surface area contributed by atoms with Crippen LogP contribution in [0.15, 0.2) is 36.8 Å². The quantitative estimate of drug-likeness (QED) is 0.846. The third-order valence-electron chi connectivity index (χ3n) is 2.89. The van der Waals surface area contributed by atoms with E-state index in [0.29, 0.717) is 21.6 Å². The minimum absolute atomic E-state index is 0.00609. The van der Waals surface area contributed by atoms with E-state index < -0.39 is 0 Å². The number of hydrogen-bond acceptors (Lipinski definition) is 4. The first-order chi connectivity index (χ1) is 9.66. The van der Waals surface area contributed by atoms with Crippen molar-refractivity contribution in [1.29, 1.82) is 0 Å². The molecule has 1 aromatic heterocycles. The van der Waals surface area contributed by atoms with Gasteiger partial charge in [0.1, 0.15) is 5.37 Å². The fraction of sp³-hybridized carbons (Fsp3) is 0.154. The van der Waals surface area contributed by atoms with Crippen molar-refractivity contribution in [2.24, 2.45) is 0 Å². The molecule has 102 valence electrons. The number of benzene rings is 1. The van der Waals surface area contributed by atoms with Gasteiger partial charge in [-0.25, -0.2) is 4.98 Å². The summed E-state index contributed by atoms with van der Waals surface area (Å²) in [5.41, 5.74) is 0.918. The van der Waals surface area contributed by atoms with Crippen molar-refractivity contribution in [2.45, 2.75) is 5.37 Å². The van der Waals surface area contributed by atoms with E-state index in [4.69, 9.17) is 23.2 Å². The fourth-order valence-electron chi connectivity index (χ4n) is 2.00. The Hall–Kier alpha value is -1.30. The van der Waals surface area contributed by atoms with Gasteiger partial charge in [-0.15, -0.1) is 11.8 Å². The number of amides is 1. The molecular weight excluding hydrogens is 317 g/mol. The molecule has 1 saturated heterocycles. The Balaban J connectivity index is 1.99. The number of rotatable bonds is 2. The van der Waals surface area contributed by atoms with Gasteiger partial charge in [-0.1, -0.05) is 29.3 Å². The molecule has 3 rings (SSSR count). The second kappa shape index (κ2) is 5.60. The molecule has 1 amide bonds. The third-order valence-corrected chi connectivity index (χ3v) is 4.84. The van der Waals surface area contributed by atoms with Gasteiger partial charge in [-0.3, -0.25) is 14.7 Å². The van der Waals surface area contributed by atoms with Crippen LogP contribution in [0.2, 0.25) is 10.0 Å². The number of nitrogens with zero attached hydrogens (tertiary/aromatic N) is 3. The summed E-state index contributed by atoms with van der Waals surface area (Å²) >= 11 is 13.5. The lowest BCUT2D eigenvalue weighted by molar-refractivity contribution is -0.115. The van der Waals surface area contributed by atoms with E-state index in [2.05, 4.69) is 9.97 Å². The number of carbonyl (C=O) groups excluding carboxylic acids is 1. The Labute approximate surface area is 130 Å². The van der Waals surface area contributed by atoms with Crippen molar-refractivity contribution >= 4 is 46.7 Å². The molecule has 1 aromatic carbocycles. The van der Waals surface area contributed by atoms with Crippen molar-refractivity contribution in [1.82, 2.24) is 9.97 Å². The van der Waals surface area contributed by atoms with Gasteiger partial charge >= 0.3 is 0 Å². The summed E-state index contributed by atoms with van der Waals surface area (Å²) in [6.45, 7) is 0. The van der Waals surface area contributed by atoms with Crippen LogP contribution in [0.3, 0.4) is 0 Å². The molecular formula is C13H9Cl2N3OS. The molecule has 0 N–H and O–H groups in total. The first-order valence-corrected chi connectivity index (χ1v) is 7.62. The molecule has 0 aliphatic carbocycles. The van der Waals surface area contributed by atoms with Gasteiger partial charge in [-0.2, -0.15) is 0 Å². The maximum absolute atomic E-state index is 12.1. The van der Waals surface area contributed by atoms with Crippen molar-refractivity contribution in [3.8, 4) is 0 Å². The van der Waals surface area contributed by atoms with Gasteiger partial charge in [-0.05, 0) is 17.7 Å². The lowest BCUT2D eigenvalue weighted by atomic mass is 10.2. The van der Waals surface area contributed by atoms with E-state index in [1.165, 1.54) is 11.8 Å². The lowest BCUT2D eigenvalue weighted by Crippen LogP contribution is -2.28. The average Bonchev–Trinajstić information content (AvgIpc) is 2.85. The molecule has 1 atom stereocenters. The zero-order valence-electron chi connectivity index (χ0n) is 10.2. The Morgan fingerprint density at radius 1 is 1.25 bits per heavy atom. The highest BCUT2D eigenvalue weighted by atomic mass is 35.5. The molecule has 0 saturated carbocycles. The molecule has 1 aliphatic heterocycles. The van der Waals surface area contributed by atoms with Crippen LogP contribution >= 0.6 is 35.0 Å². The monoisotopic (exact) mass is 325 g/mol. The van der Waals surface area contributed by atoms with Gasteiger partial charge in [0.05, 0.1) is 22.0 Å². The second-order valence-electron chi connectivity index (χ2n) is 4.16. The largest absolute Gasteiger partial charge is 0.278 e. The van der Waals surface area contributed by atoms with Crippen LogP contribution in [0.25, 0.3) is 0 Å². The molecule has 4 nitrogen and oxygen atoms in total. The van der Waals surface area contributed by atoms with Gasteiger partial charge in [0.25, 0.3) is 0 Å². The first-order valence-electron chi connectivity index (χ1n) is 5.81. The highest BCUT2D eigenvalue weighted by molar-refractivity contribution is 8.00. The maximum atomic E-state index is 12.1. The molecule has 0 bridgehead atoms. The van der Waals surface area contributed by atoms with Crippen molar-refractivity contribution in [2.75, 3.05) is 10.7 Å². The number of hydrogen-bond donors (Lipinski definition) is 0. The smallest absolute Gasteiger partial charge is 0.239 e. The highest BCUT2D eigenvalue weighted by Crippen LogP contribution is 2.42. The number of thioether (sulfide) groups is 1. The van der Waals surface area contributed by atoms with Crippen LogP contribution < -0.4 is 4.90 Å². The summed E-state index contributed by atoms with van der Waals surface area (Å²) in [7, 11) is 0. The summed E-state index contributed by atoms with van der Waals surface area (Å²) in [5.74, 6) is 0.951. The predicted molar refractivity (Wildman–Crippen MR) is 81.2 cm³/mol. The van der Waals surface area contributed by atoms with Gasteiger partial charge in [0.2, 0.25) is 5.91 Å². The van der Waals surface area contributed by atoms with Crippen molar-refractivity contribution in [3.63, 3.8) is 0 Å². The zero-order chi connectivity index (χ0) is 14.1. The minimum atomic E-state index is -0.158. The van der Waals surface area contributed by atoms with Gasteiger partial charge in [0, 0.05) is 12.4 Å². The number of aromatic nitrogens is 2. The average molecular weight is 326 g/mol. The van der Waals surface area contributed by atoms with E-state index in [1.807, 2.05) is 6.07 Å². The summed E-state index contributed by atoms with van der Waals surface area (Å²) in [4.78, 5) is 21.9. The Bertz CT molecular complexity index is 653. The van der Waals surface area contributed by atoms with Crippen LogP contribution in [0.5, 0.6) is 0 Å². The van der Waals surface area contributed by atoms with Gasteiger partial charge < -0.3 is 0 Å². The molecule has 20 heavy (non-hydrogen) atoms. The van der Waals surface area contributed by atoms with Crippen LogP contribution in [-0.2, 0) is 4.79 Å². The standard InChI is InChI=1S/C13H9Cl2N3OS/c14-9-2-1-8(5-10(9)15)13-18(12(19)7-20-13)11-6-16-3-4-17-11/h1-6,13H,7H2. The molecule has 1 fully saturated rings. The normalized spacial score (nSPS) is 18.6. The summed E-state index contributed by atoms with van der Waals surface area (Å²) in [6, 6.07) is 5.38. The van der Waals surface area contributed by atoms with E-state index in [-0.39, 0.29) is 11.3 Å². The second-order valence-corrected chi connectivity index (χ2v) is 6.05. The topological polar surface area (TPSA) is 46.1 Å². The van der Waals surface area contributed by atoms with E-state index in [1.54, 1.807) is 35.6 Å². The SMILES string of the molecule is O=C1CSC(c2ccc(Cl)c(Cl)c2)N1c1cnccn1. The lowest BCUT2D eigenvalue weighted by Gasteiger charge is -2.23. The first kappa shape index (κ1) is 13.7. The van der Waals surface area contributed by atoms with E-state index in [0.717, 1.165) is 5.56 Å². The van der Waals surface area contributed by atoms with Crippen molar-refractivity contribution in [3.05, 3.63) is 52.4 Å². The number of anilines is 1. The molecule has 2 aromatic rings. The molecule has 1 unspecified atom stereocenters. The fourth-order valence-corrected chi connectivity index (χ4v) is 3.46.